The summed E-state index contributed by atoms with van der Waals surface area (Å²) < 4.78 is 4.77. The first-order chi connectivity index (χ1) is 13.3. The number of aryl methyl sites for hydroxylation is 4. The summed E-state index contributed by atoms with van der Waals surface area (Å²) in [6, 6.07) is 14.3. The van der Waals surface area contributed by atoms with Gasteiger partial charge in [-0.05, 0) is 43.5 Å². The van der Waals surface area contributed by atoms with Crippen LogP contribution in [0.1, 0.15) is 16.7 Å². The number of aromatic nitrogens is 3. The van der Waals surface area contributed by atoms with Gasteiger partial charge in [-0.15, -0.1) is 0 Å². The van der Waals surface area contributed by atoms with E-state index in [9.17, 15) is 9.59 Å². The Hall–Kier alpha value is -3.34. The number of rotatable bonds is 2. The molecule has 0 aliphatic carbocycles. The topological polar surface area (TPSA) is 48.9 Å². The summed E-state index contributed by atoms with van der Waals surface area (Å²) in [7, 11) is 3.24. The van der Waals surface area contributed by atoms with E-state index in [1.54, 1.807) is 11.6 Å². The van der Waals surface area contributed by atoms with Crippen LogP contribution in [0.5, 0.6) is 0 Å². The van der Waals surface area contributed by atoms with E-state index in [2.05, 4.69) is 29.7 Å². The summed E-state index contributed by atoms with van der Waals surface area (Å²) in [6.07, 6.45) is 1.90. The highest BCUT2D eigenvalue weighted by atomic mass is 16.2. The molecular formula is C23H23N3O2. The molecule has 0 saturated carbocycles. The third-order valence-electron chi connectivity index (χ3n) is 5.46. The van der Waals surface area contributed by atoms with Crippen LogP contribution in [0.15, 0.2) is 58.3 Å². The second-order valence-electron chi connectivity index (χ2n) is 7.42. The van der Waals surface area contributed by atoms with Gasteiger partial charge in [0.25, 0.3) is 5.56 Å². The van der Waals surface area contributed by atoms with Crippen LogP contribution in [0.4, 0.5) is 0 Å². The van der Waals surface area contributed by atoms with Crippen LogP contribution in [0.25, 0.3) is 27.8 Å². The molecular weight excluding hydrogens is 350 g/mol. The van der Waals surface area contributed by atoms with Gasteiger partial charge in [-0.3, -0.25) is 13.9 Å². The highest BCUT2D eigenvalue weighted by Gasteiger charge is 2.21. The van der Waals surface area contributed by atoms with Gasteiger partial charge in [-0.25, -0.2) is 4.79 Å². The Kier molecular flexibility index (Phi) is 4.11. The van der Waals surface area contributed by atoms with E-state index in [1.165, 1.54) is 11.6 Å². The molecule has 0 radical (unpaired) electrons. The lowest BCUT2D eigenvalue weighted by Gasteiger charge is -2.15. The molecule has 0 aliphatic heterocycles. The number of hydrogen-bond donors (Lipinski definition) is 0. The molecule has 2 heterocycles. The molecule has 0 bridgehead atoms. The van der Waals surface area contributed by atoms with Crippen LogP contribution in [0, 0.1) is 20.8 Å². The lowest BCUT2D eigenvalue weighted by Crippen LogP contribution is -2.36. The van der Waals surface area contributed by atoms with Gasteiger partial charge in [0.2, 0.25) is 0 Å². The fraction of sp³-hybridized carbons (Fsp3) is 0.217. The van der Waals surface area contributed by atoms with Crippen LogP contribution in [0.3, 0.4) is 0 Å². The first-order valence-corrected chi connectivity index (χ1v) is 9.26. The first-order valence-electron chi connectivity index (χ1n) is 9.26. The van der Waals surface area contributed by atoms with Crippen molar-refractivity contribution in [3.05, 3.63) is 86.2 Å². The molecule has 2 aromatic carbocycles. The average molecular weight is 373 g/mol. The minimum Gasteiger partial charge on any atom is -0.313 e. The zero-order chi connectivity index (χ0) is 20.2. The Morgan fingerprint density at radius 1 is 0.821 bits per heavy atom. The van der Waals surface area contributed by atoms with Crippen LogP contribution < -0.4 is 11.2 Å². The summed E-state index contributed by atoms with van der Waals surface area (Å²) >= 11 is 0. The molecule has 0 fully saturated rings. The Morgan fingerprint density at radius 2 is 1.54 bits per heavy atom. The lowest BCUT2D eigenvalue weighted by molar-refractivity contribution is 0.714. The summed E-state index contributed by atoms with van der Waals surface area (Å²) in [4.78, 5) is 25.6. The molecule has 5 heteroatoms. The molecule has 0 atom stereocenters. The zero-order valence-electron chi connectivity index (χ0n) is 16.8. The summed E-state index contributed by atoms with van der Waals surface area (Å²) in [6.45, 7) is 6.14. The maximum Gasteiger partial charge on any atom is 0.330 e. The van der Waals surface area contributed by atoms with Crippen molar-refractivity contribution in [2.75, 3.05) is 0 Å². The highest BCUT2D eigenvalue weighted by molar-refractivity contribution is 5.95. The van der Waals surface area contributed by atoms with Crippen molar-refractivity contribution in [2.45, 2.75) is 20.8 Å². The molecule has 142 valence electrons. The van der Waals surface area contributed by atoms with Gasteiger partial charge in [0.1, 0.15) is 0 Å². The highest BCUT2D eigenvalue weighted by Crippen LogP contribution is 2.33. The van der Waals surface area contributed by atoms with E-state index < -0.39 is 0 Å². The molecule has 0 saturated heterocycles. The van der Waals surface area contributed by atoms with Crippen molar-refractivity contribution < 1.29 is 0 Å². The fourth-order valence-corrected chi connectivity index (χ4v) is 3.81. The standard InChI is InChI=1S/C23H23N3O2/c1-14-10-11-16(3)18(12-14)26-13-19-20(22(27)25(5)23(28)24(19)4)21(26)17-9-7-6-8-15(17)2/h6-13H,1-5H3. The molecule has 0 amide bonds. The average Bonchev–Trinajstić information content (AvgIpc) is 3.07. The normalized spacial score (nSPS) is 11.3. The Bertz CT molecular complexity index is 1350. The van der Waals surface area contributed by atoms with Crippen molar-refractivity contribution in [2.24, 2.45) is 14.1 Å². The second kappa shape index (κ2) is 6.37. The van der Waals surface area contributed by atoms with E-state index in [0.29, 0.717) is 10.9 Å². The van der Waals surface area contributed by atoms with E-state index in [-0.39, 0.29) is 11.2 Å². The Labute approximate surface area is 163 Å². The van der Waals surface area contributed by atoms with Gasteiger partial charge in [0, 0.05) is 31.5 Å². The van der Waals surface area contributed by atoms with Crippen LogP contribution in [0.2, 0.25) is 0 Å². The van der Waals surface area contributed by atoms with Crippen molar-refractivity contribution in [3.63, 3.8) is 0 Å². The van der Waals surface area contributed by atoms with Crippen molar-refractivity contribution in [1.29, 1.82) is 0 Å². The van der Waals surface area contributed by atoms with Gasteiger partial charge in [-0.1, -0.05) is 36.4 Å². The maximum absolute atomic E-state index is 13.1. The smallest absolute Gasteiger partial charge is 0.313 e. The predicted molar refractivity (Wildman–Crippen MR) is 113 cm³/mol. The summed E-state index contributed by atoms with van der Waals surface area (Å²) in [5.74, 6) is 0. The summed E-state index contributed by atoms with van der Waals surface area (Å²) in [5.41, 5.74) is 6.14. The Balaban J connectivity index is 2.28. The van der Waals surface area contributed by atoms with Crippen LogP contribution in [-0.2, 0) is 14.1 Å². The SMILES string of the molecule is Cc1ccc(C)c(-n2cc3c(c2-c2ccccc2C)c(=O)n(C)c(=O)n3C)c1. The minimum atomic E-state index is -0.327. The van der Waals surface area contributed by atoms with Crippen LogP contribution >= 0.6 is 0 Å². The molecule has 28 heavy (non-hydrogen) atoms. The van der Waals surface area contributed by atoms with E-state index in [0.717, 1.165) is 33.6 Å². The van der Waals surface area contributed by atoms with Gasteiger partial charge in [0.15, 0.2) is 0 Å². The third kappa shape index (κ3) is 2.54. The van der Waals surface area contributed by atoms with Gasteiger partial charge < -0.3 is 4.57 Å². The van der Waals surface area contributed by atoms with Crippen molar-refractivity contribution in [1.82, 2.24) is 13.7 Å². The molecule has 0 unspecified atom stereocenters. The molecule has 4 aromatic rings. The number of hydrogen-bond acceptors (Lipinski definition) is 2. The zero-order valence-corrected chi connectivity index (χ0v) is 16.8. The molecule has 0 spiro atoms. The molecule has 0 aliphatic rings. The Morgan fingerprint density at radius 3 is 2.25 bits per heavy atom. The van der Waals surface area contributed by atoms with E-state index in [4.69, 9.17) is 0 Å². The predicted octanol–water partition coefficient (Wildman–Crippen LogP) is 3.62. The fourth-order valence-electron chi connectivity index (χ4n) is 3.81. The molecule has 2 aromatic heterocycles. The monoisotopic (exact) mass is 373 g/mol. The molecule has 0 N–H and O–H groups in total. The van der Waals surface area contributed by atoms with Crippen molar-refractivity contribution in [3.8, 4) is 16.9 Å². The quantitative estimate of drug-likeness (QED) is 0.539. The molecule has 4 rings (SSSR count). The second-order valence-corrected chi connectivity index (χ2v) is 7.42. The number of benzene rings is 2. The summed E-state index contributed by atoms with van der Waals surface area (Å²) in [5, 5.41) is 0.555. The van der Waals surface area contributed by atoms with Gasteiger partial charge in [-0.2, -0.15) is 0 Å². The van der Waals surface area contributed by atoms with Crippen molar-refractivity contribution >= 4 is 10.9 Å². The maximum atomic E-state index is 13.1. The minimum absolute atomic E-state index is 0.277. The van der Waals surface area contributed by atoms with Gasteiger partial charge in [0.05, 0.1) is 16.6 Å². The molecule has 5 nitrogen and oxygen atoms in total. The third-order valence-corrected chi connectivity index (χ3v) is 5.46. The van der Waals surface area contributed by atoms with E-state index in [1.807, 2.05) is 44.3 Å². The largest absolute Gasteiger partial charge is 0.330 e. The number of fused-ring (bicyclic) bond motifs is 1. The number of nitrogens with zero attached hydrogens (tertiary/aromatic N) is 3. The van der Waals surface area contributed by atoms with Crippen LogP contribution in [-0.4, -0.2) is 13.7 Å². The first kappa shape index (κ1) is 18.0. The van der Waals surface area contributed by atoms with E-state index >= 15 is 0 Å². The van der Waals surface area contributed by atoms with Gasteiger partial charge >= 0.3 is 5.69 Å². The lowest BCUT2D eigenvalue weighted by atomic mass is 10.0.